The number of carbonyl (C=O) groups excluding carboxylic acids is 2. The summed E-state index contributed by atoms with van der Waals surface area (Å²) in [5, 5.41) is 9.99. The van der Waals surface area contributed by atoms with Gasteiger partial charge in [-0.25, -0.2) is 0 Å². The molecule has 2 amide bonds. The van der Waals surface area contributed by atoms with Crippen LogP contribution in [-0.2, 0) is 14.3 Å². The third-order valence-electron chi connectivity index (χ3n) is 6.92. The zero-order chi connectivity index (χ0) is 21.4. The van der Waals surface area contributed by atoms with E-state index in [0.717, 1.165) is 29.5 Å². The van der Waals surface area contributed by atoms with Gasteiger partial charge in [-0.05, 0) is 35.6 Å². The number of carbonyl (C=O) groups is 2. The van der Waals surface area contributed by atoms with Crippen molar-refractivity contribution < 1.29 is 19.4 Å². The van der Waals surface area contributed by atoms with E-state index in [2.05, 4.69) is 29.2 Å². The molecule has 0 spiro atoms. The number of aliphatic hydroxyl groups is 1. The average Bonchev–Trinajstić information content (AvgIpc) is 2.81. The second-order valence-electron chi connectivity index (χ2n) is 8.61. The molecular weight excluding hydrogens is 394 g/mol. The molecule has 0 bridgehead atoms. The molecule has 3 fully saturated rings. The van der Waals surface area contributed by atoms with E-state index < -0.39 is 0 Å². The van der Waals surface area contributed by atoms with Gasteiger partial charge in [0.25, 0.3) is 0 Å². The van der Waals surface area contributed by atoms with Crippen LogP contribution in [-0.4, -0.2) is 76.7 Å². The van der Waals surface area contributed by atoms with E-state index in [1.807, 2.05) is 18.3 Å². The van der Waals surface area contributed by atoms with Crippen LogP contribution in [0.5, 0.6) is 0 Å². The number of amides is 2. The predicted octanol–water partition coefficient (Wildman–Crippen LogP) is 1.67. The molecule has 162 valence electrons. The molecule has 3 aliphatic rings. The summed E-state index contributed by atoms with van der Waals surface area (Å²) in [6, 6.07) is 11.8. The van der Waals surface area contributed by atoms with Gasteiger partial charge < -0.3 is 19.6 Å². The smallest absolute Gasteiger partial charge is 0.242 e. The van der Waals surface area contributed by atoms with Crippen molar-refractivity contribution in [2.45, 2.75) is 30.8 Å². The molecule has 3 atom stereocenters. The van der Waals surface area contributed by atoms with Gasteiger partial charge in [0.05, 0.1) is 25.2 Å². The number of pyridine rings is 1. The Labute approximate surface area is 181 Å². The van der Waals surface area contributed by atoms with E-state index in [1.54, 1.807) is 16.0 Å². The fraction of sp³-hybridized carbons (Fsp3) is 0.458. The van der Waals surface area contributed by atoms with Crippen LogP contribution in [0.25, 0.3) is 11.1 Å². The summed E-state index contributed by atoms with van der Waals surface area (Å²) >= 11 is 0. The van der Waals surface area contributed by atoms with Gasteiger partial charge in [-0.3, -0.25) is 14.6 Å². The lowest BCUT2D eigenvalue weighted by atomic mass is 9.73. The Morgan fingerprint density at radius 3 is 2.58 bits per heavy atom. The quantitative estimate of drug-likeness (QED) is 0.812. The lowest BCUT2D eigenvalue weighted by Gasteiger charge is -2.59. The number of aromatic nitrogens is 1. The van der Waals surface area contributed by atoms with Crippen LogP contribution >= 0.6 is 0 Å². The van der Waals surface area contributed by atoms with Crippen LogP contribution in [0.2, 0.25) is 0 Å². The number of nitrogens with zero attached hydrogens (tertiary/aromatic N) is 3. The monoisotopic (exact) mass is 421 g/mol. The van der Waals surface area contributed by atoms with Crippen molar-refractivity contribution >= 4 is 11.8 Å². The SMILES string of the molecule is O=C(C1CCOCC1)N1CC(=O)N2[C@H](CO)[C@H](c3ccc(-c4cccnc4)cc3)[C@@H]2C1. The van der Waals surface area contributed by atoms with Crippen LogP contribution in [0.1, 0.15) is 24.3 Å². The number of fused-ring (bicyclic) bond motifs is 1. The molecule has 5 rings (SSSR count). The highest BCUT2D eigenvalue weighted by molar-refractivity contribution is 5.88. The Hall–Kier alpha value is -2.77. The third kappa shape index (κ3) is 3.62. The highest BCUT2D eigenvalue weighted by Gasteiger charge is 2.54. The first-order valence-corrected chi connectivity index (χ1v) is 11.0. The minimum absolute atomic E-state index is 0.0159. The maximum atomic E-state index is 13.0. The number of benzene rings is 1. The molecular formula is C24H27N3O4. The Morgan fingerprint density at radius 1 is 1.13 bits per heavy atom. The zero-order valence-corrected chi connectivity index (χ0v) is 17.4. The number of hydrogen-bond acceptors (Lipinski definition) is 5. The van der Waals surface area contributed by atoms with Gasteiger partial charge in [-0.15, -0.1) is 0 Å². The molecule has 7 nitrogen and oxygen atoms in total. The molecule has 0 unspecified atom stereocenters. The van der Waals surface area contributed by atoms with Crippen molar-refractivity contribution in [1.29, 1.82) is 0 Å². The molecule has 1 N–H and O–H groups in total. The lowest BCUT2D eigenvalue weighted by molar-refractivity contribution is -0.169. The van der Waals surface area contributed by atoms with Crippen LogP contribution in [0.4, 0.5) is 0 Å². The first-order chi connectivity index (χ1) is 15.2. The Balaban J connectivity index is 1.35. The van der Waals surface area contributed by atoms with E-state index in [0.29, 0.717) is 19.8 Å². The summed E-state index contributed by atoms with van der Waals surface area (Å²) < 4.78 is 5.38. The van der Waals surface area contributed by atoms with Gasteiger partial charge in [0.15, 0.2) is 0 Å². The topological polar surface area (TPSA) is 83.0 Å². The summed E-state index contributed by atoms with van der Waals surface area (Å²) in [5.74, 6) is -0.0467. The maximum Gasteiger partial charge on any atom is 0.242 e. The van der Waals surface area contributed by atoms with Gasteiger partial charge >= 0.3 is 0 Å². The van der Waals surface area contributed by atoms with Crippen LogP contribution in [0.15, 0.2) is 48.8 Å². The third-order valence-corrected chi connectivity index (χ3v) is 6.92. The van der Waals surface area contributed by atoms with Crippen molar-refractivity contribution in [2.24, 2.45) is 5.92 Å². The molecule has 0 aliphatic carbocycles. The Bertz CT molecular complexity index is 943. The van der Waals surface area contributed by atoms with Gasteiger partial charge in [0, 0.05) is 44.0 Å². The van der Waals surface area contributed by atoms with Gasteiger partial charge in [0.1, 0.15) is 0 Å². The number of aliphatic hydroxyl groups excluding tert-OH is 1. The van der Waals surface area contributed by atoms with Crippen molar-refractivity contribution in [1.82, 2.24) is 14.8 Å². The molecule has 2 aromatic rings. The summed E-state index contributed by atoms with van der Waals surface area (Å²) in [5.41, 5.74) is 3.20. The highest BCUT2D eigenvalue weighted by atomic mass is 16.5. The zero-order valence-electron chi connectivity index (χ0n) is 17.4. The minimum atomic E-state index is -0.234. The summed E-state index contributed by atoms with van der Waals surface area (Å²) in [6.45, 7) is 1.76. The molecule has 3 saturated heterocycles. The second kappa shape index (κ2) is 8.40. The predicted molar refractivity (Wildman–Crippen MR) is 114 cm³/mol. The van der Waals surface area contributed by atoms with Crippen LogP contribution in [0.3, 0.4) is 0 Å². The largest absolute Gasteiger partial charge is 0.394 e. The average molecular weight is 421 g/mol. The molecule has 1 aromatic heterocycles. The van der Waals surface area contributed by atoms with Crippen molar-refractivity contribution in [3.05, 3.63) is 54.4 Å². The normalized spacial score (nSPS) is 26.4. The lowest BCUT2D eigenvalue weighted by Crippen LogP contribution is -2.73. The summed E-state index contributed by atoms with van der Waals surface area (Å²) in [7, 11) is 0. The second-order valence-corrected chi connectivity index (χ2v) is 8.61. The fourth-order valence-corrected chi connectivity index (χ4v) is 5.30. The summed E-state index contributed by atoms with van der Waals surface area (Å²) in [6.07, 6.45) is 5.02. The maximum absolute atomic E-state index is 13.0. The molecule has 0 radical (unpaired) electrons. The summed E-state index contributed by atoms with van der Waals surface area (Å²) in [4.78, 5) is 33.5. The van der Waals surface area contributed by atoms with Gasteiger partial charge in [-0.2, -0.15) is 0 Å². The molecule has 4 heterocycles. The first kappa shape index (κ1) is 20.2. The number of ether oxygens (including phenoxy) is 1. The van der Waals surface area contributed by atoms with E-state index in [9.17, 15) is 14.7 Å². The van der Waals surface area contributed by atoms with E-state index in [1.165, 1.54) is 0 Å². The molecule has 7 heteroatoms. The van der Waals surface area contributed by atoms with Crippen molar-refractivity contribution in [2.75, 3.05) is 32.9 Å². The van der Waals surface area contributed by atoms with E-state index >= 15 is 0 Å². The Morgan fingerprint density at radius 2 is 1.90 bits per heavy atom. The Kier molecular flexibility index (Phi) is 5.46. The first-order valence-electron chi connectivity index (χ1n) is 11.0. The van der Waals surface area contributed by atoms with Crippen molar-refractivity contribution in [3.63, 3.8) is 0 Å². The van der Waals surface area contributed by atoms with Crippen molar-refractivity contribution in [3.8, 4) is 11.1 Å². The highest BCUT2D eigenvalue weighted by Crippen LogP contribution is 2.43. The molecule has 0 saturated carbocycles. The molecule has 3 aliphatic heterocycles. The molecule has 31 heavy (non-hydrogen) atoms. The van der Waals surface area contributed by atoms with Gasteiger partial charge in [-0.1, -0.05) is 30.3 Å². The fourth-order valence-electron chi connectivity index (χ4n) is 5.30. The number of rotatable bonds is 4. The van der Waals surface area contributed by atoms with Gasteiger partial charge in [0.2, 0.25) is 11.8 Å². The number of hydrogen-bond donors (Lipinski definition) is 1. The van der Waals surface area contributed by atoms with E-state index in [-0.39, 0.29) is 48.9 Å². The molecule has 1 aromatic carbocycles. The van der Waals surface area contributed by atoms with E-state index in [4.69, 9.17) is 4.74 Å². The standard InChI is InChI=1S/C24H27N3O4/c28-15-21-23(17-5-3-16(4-6-17)19-2-1-9-25-12-19)20-13-26(14-22(29)27(20)21)24(30)18-7-10-31-11-8-18/h1-6,9,12,18,20-21,23,28H,7-8,10-11,13-15H2/t20-,21+,23+/m0/s1. The minimum Gasteiger partial charge on any atom is -0.394 e. The van der Waals surface area contributed by atoms with Crippen LogP contribution in [0, 0.1) is 5.92 Å². The number of piperazine rings is 1. The van der Waals surface area contributed by atoms with Crippen LogP contribution < -0.4 is 0 Å².